The molecule has 5 aliphatic carbocycles. The fraction of sp³-hybridized carbons (Fsp3) is 0.793. The zero-order valence-electron chi connectivity index (χ0n) is 21.5. The number of hydrogen-bond donors (Lipinski definition) is 1. The number of rotatable bonds is 1. The molecule has 6 heteroatoms. The van der Waals surface area contributed by atoms with Gasteiger partial charge in [0.25, 0.3) is 0 Å². The lowest BCUT2D eigenvalue weighted by molar-refractivity contribution is -0.425. The predicted octanol–water partition coefficient (Wildman–Crippen LogP) is 4.87. The van der Waals surface area contributed by atoms with Crippen molar-refractivity contribution in [2.45, 2.75) is 83.8 Å². The summed E-state index contributed by atoms with van der Waals surface area (Å²) in [5.74, 6) is -0.214. The molecular weight excluding hydrogens is 456 g/mol. The van der Waals surface area contributed by atoms with Gasteiger partial charge in [-0.3, -0.25) is 4.79 Å². The molecule has 9 rings (SSSR count). The molecule has 2 bridgehead atoms. The number of allylic oxidation sites excluding steroid dienone is 2. The highest BCUT2D eigenvalue weighted by molar-refractivity contribution is 7.15. The fourth-order valence-corrected chi connectivity index (χ4v) is 12.5. The van der Waals surface area contributed by atoms with Gasteiger partial charge in [-0.15, -0.1) is 11.3 Å². The number of hydrogen-bond acceptors (Lipinski definition) is 6. The molecule has 2 spiro atoms. The third kappa shape index (κ3) is 2.09. The van der Waals surface area contributed by atoms with Crippen LogP contribution < -0.4 is 4.90 Å². The van der Waals surface area contributed by atoms with Gasteiger partial charge in [0, 0.05) is 40.8 Å². The lowest BCUT2D eigenvalue weighted by Gasteiger charge is -2.81. The van der Waals surface area contributed by atoms with E-state index >= 15 is 0 Å². The van der Waals surface area contributed by atoms with E-state index in [1.807, 2.05) is 11.3 Å². The summed E-state index contributed by atoms with van der Waals surface area (Å²) in [5, 5.41) is 13.6. The van der Waals surface area contributed by atoms with Crippen LogP contribution in [0.25, 0.3) is 0 Å². The van der Waals surface area contributed by atoms with E-state index in [0.29, 0.717) is 12.5 Å². The van der Waals surface area contributed by atoms with Crippen LogP contribution in [0.15, 0.2) is 11.1 Å². The smallest absolute Gasteiger partial charge is 0.185 e. The molecule has 1 N–H and O–H groups in total. The molecule has 5 nitrogen and oxygen atoms in total. The van der Waals surface area contributed by atoms with E-state index in [9.17, 15) is 9.90 Å². The van der Waals surface area contributed by atoms with Crippen molar-refractivity contribution < 1.29 is 14.6 Å². The van der Waals surface area contributed by atoms with Crippen molar-refractivity contribution in [2.24, 2.45) is 40.4 Å². The molecule has 3 aliphatic heterocycles. The maximum Gasteiger partial charge on any atom is 0.185 e. The van der Waals surface area contributed by atoms with E-state index < -0.39 is 11.2 Å². The second kappa shape index (κ2) is 6.42. The number of carbonyl (C=O) groups excluding carboxylic acids is 1. The van der Waals surface area contributed by atoms with Crippen molar-refractivity contribution in [3.8, 4) is 0 Å². The normalized spacial score (nSPS) is 48.8. The van der Waals surface area contributed by atoms with Crippen LogP contribution in [0.2, 0.25) is 0 Å². The molecule has 1 aromatic heterocycles. The van der Waals surface area contributed by atoms with Crippen LogP contribution >= 0.6 is 11.3 Å². The van der Waals surface area contributed by atoms with E-state index in [4.69, 9.17) is 9.72 Å². The SMILES string of the molecule is CC1=C2C(=O)C34C2C1CCC3C12COC4(O)C(C)C1C(C)(C)Cc1sc(N3CCCCCC3)nc12. The Morgan fingerprint density at radius 2 is 1.89 bits per heavy atom. The Morgan fingerprint density at radius 3 is 2.63 bits per heavy atom. The summed E-state index contributed by atoms with van der Waals surface area (Å²) in [7, 11) is 0. The number of fused-ring (bicyclic) bond motifs is 2. The van der Waals surface area contributed by atoms with Crippen molar-refractivity contribution in [3.05, 3.63) is 21.7 Å². The average Bonchev–Trinajstić information content (AvgIpc) is 3.04. The Bertz CT molecular complexity index is 1190. The van der Waals surface area contributed by atoms with Gasteiger partial charge >= 0.3 is 0 Å². The molecule has 0 amide bonds. The molecule has 0 aromatic carbocycles. The number of Topliss-reactive ketones (excluding diaryl/α,β-unsaturated/α-hetero) is 1. The van der Waals surface area contributed by atoms with Crippen molar-refractivity contribution in [1.82, 2.24) is 4.98 Å². The number of aliphatic hydroxyl groups is 1. The van der Waals surface area contributed by atoms with Gasteiger partial charge in [0.15, 0.2) is 16.7 Å². The van der Waals surface area contributed by atoms with Gasteiger partial charge in [0.1, 0.15) is 0 Å². The van der Waals surface area contributed by atoms with Gasteiger partial charge in [-0.25, -0.2) is 4.98 Å². The first-order valence-corrected chi connectivity index (χ1v) is 14.9. The molecule has 1 aromatic rings. The summed E-state index contributed by atoms with van der Waals surface area (Å²) in [6, 6.07) is 0. The molecule has 3 saturated carbocycles. The minimum Gasteiger partial charge on any atom is -0.364 e. The number of aromatic nitrogens is 1. The van der Waals surface area contributed by atoms with Crippen molar-refractivity contribution in [3.63, 3.8) is 0 Å². The van der Waals surface area contributed by atoms with Crippen molar-refractivity contribution in [2.75, 3.05) is 24.6 Å². The molecule has 6 fully saturated rings. The number of nitrogens with zero attached hydrogens (tertiary/aromatic N) is 2. The minimum atomic E-state index is -1.35. The summed E-state index contributed by atoms with van der Waals surface area (Å²) in [5.41, 5.74) is 2.53. The number of carbonyl (C=O) groups is 1. The first-order chi connectivity index (χ1) is 16.7. The Morgan fingerprint density at radius 1 is 1.14 bits per heavy atom. The fourth-order valence-electron chi connectivity index (χ4n) is 11.0. The summed E-state index contributed by atoms with van der Waals surface area (Å²) < 4.78 is 6.59. The van der Waals surface area contributed by atoms with Gasteiger partial charge in [-0.05, 0) is 62.2 Å². The summed E-state index contributed by atoms with van der Waals surface area (Å²) in [4.78, 5) is 23.5. The van der Waals surface area contributed by atoms with E-state index in [1.165, 1.54) is 47.0 Å². The molecule has 35 heavy (non-hydrogen) atoms. The molecule has 188 valence electrons. The van der Waals surface area contributed by atoms with Crippen LogP contribution in [0, 0.1) is 40.4 Å². The van der Waals surface area contributed by atoms with E-state index in [2.05, 4.69) is 32.6 Å². The Hall–Kier alpha value is -1.24. The molecule has 0 radical (unpaired) electrons. The second-order valence-corrected chi connectivity index (χ2v) is 14.7. The molecule has 8 unspecified atom stereocenters. The zero-order valence-corrected chi connectivity index (χ0v) is 22.3. The second-order valence-electron chi connectivity index (χ2n) is 13.6. The number of ketones is 1. The van der Waals surface area contributed by atoms with Crippen LogP contribution in [0.1, 0.15) is 76.8 Å². The highest BCUT2D eigenvalue weighted by Gasteiger charge is 2.89. The van der Waals surface area contributed by atoms with E-state index in [1.54, 1.807) is 0 Å². The largest absolute Gasteiger partial charge is 0.364 e. The van der Waals surface area contributed by atoms with Gasteiger partial charge in [-0.2, -0.15) is 0 Å². The third-order valence-corrected chi connectivity index (χ3v) is 13.1. The standard InChI is InChI=1S/C29H38N2O3S/c1-15-17-9-10-19-27-14-34-29(33,28(19)21(17)20(15)24(28)32)16(2)22(27)26(3,4)13-18-23(27)30-25(35-18)31-11-7-5-6-8-12-31/h16-17,19,21-22,33H,5-14H2,1-4H3. The lowest BCUT2D eigenvalue weighted by atomic mass is 9.25. The molecule has 8 aliphatic rings. The van der Waals surface area contributed by atoms with Gasteiger partial charge < -0.3 is 14.7 Å². The summed E-state index contributed by atoms with van der Waals surface area (Å²) in [6.45, 7) is 11.8. The number of anilines is 1. The highest BCUT2D eigenvalue weighted by Crippen LogP contribution is 2.83. The van der Waals surface area contributed by atoms with Gasteiger partial charge in [0.2, 0.25) is 0 Å². The molecule has 3 saturated heterocycles. The summed E-state index contributed by atoms with van der Waals surface area (Å²) >= 11 is 1.91. The highest BCUT2D eigenvalue weighted by atomic mass is 32.1. The quantitative estimate of drug-likeness (QED) is 0.604. The Balaban J connectivity index is 1.34. The maximum absolute atomic E-state index is 14.1. The predicted molar refractivity (Wildman–Crippen MR) is 135 cm³/mol. The lowest BCUT2D eigenvalue weighted by Crippen LogP contribution is -2.88. The van der Waals surface area contributed by atoms with Gasteiger partial charge in [0.05, 0.1) is 17.7 Å². The maximum atomic E-state index is 14.1. The van der Waals surface area contributed by atoms with Crippen molar-refractivity contribution >= 4 is 22.3 Å². The third-order valence-electron chi connectivity index (χ3n) is 12.0. The monoisotopic (exact) mass is 494 g/mol. The first-order valence-electron chi connectivity index (χ1n) is 14.1. The number of thiazole rings is 1. The Labute approximate surface area is 212 Å². The zero-order chi connectivity index (χ0) is 24.1. The van der Waals surface area contributed by atoms with E-state index in [0.717, 1.165) is 37.9 Å². The van der Waals surface area contributed by atoms with Crippen LogP contribution in [-0.2, 0) is 21.4 Å². The van der Waals surface area contributed by atoms with Crippen LogP contribution in [0.3, 0.4) is 0 Å². The molecule has 4 heterocycles. The van der Waals surface area contributed by atoms with Crippen LogP contribution in [0.5, 0.6) is 0 Å². The minimum absolute atomic E-state index is 0.0201. The molecule has 8 atom stereocenters. The van der Waals surface area contributed by atoms with Crippen molar-refractivity contribution in [1.29, 1.82) is 0 Å². The Kier molecular flexibility index (Phi) is 4.00. The topological polar surface area (TPSA) is 62.7 Å². The van der Waals surface area contributed by atoms with Crippen LogP contribution in [-0.4, -0.2) is 41.4 Å². The van der Waals surface area contributed by atoms with Crippen LogP contribution in [0.4, 0.5) is 5.13 Å². The van der Waals surface area contributed by atoms with E-state index in [-0.39, 0.29) is 40.3 Å². The summed E-state index contributed by atoms with van der Waals surface area (Å²) in [6.07, 6.45) is 8.26. The van der Waals surface area contributed by atoms with Gasteiger partial charge in [-0.1, -0.05) is 39.2 Å². The number of ether oxygens (including phenoxy) is 1. The average molecular weight is 495 g/mol. The first kappa shape index (κ1) is 21.8. The molecular formula is C29H38N2O3S.